The van der Waals surface area contributed by atoms with Gasteiger partial charge >= 0.3 is 5.97 Å². The smallest absolute Gasteiger partial charge is 0.344 e. The Bertz CT molecular complexity index is 496. The zero-order valence-corrected chi connectivity index (χ0v) is 10.0. The average Bonchev–Trinajstić information content (AvgIpc) is 3.12. The van der Waals surface area contributed by atoms with Crippen molar-refractivity contribution in [3.8, 4) is 5.75 Å². The molecule has 1 aromatic carbocycles. The number of nitro benzene ring substituents is 1. The standard InChI is InChI=1S/C9H9NO5.C2H3NO/c1-6(9(11)12)15-8-4-2-3-7(5-8)10(13)14;4-2-1-3-2/h2-6H,1H3,(H,11,12);1H2,(H,3,4). The molecule has 0 aliphatic carbocycles. The maximum atomic E-state index is 10.5. The molecule has 0 radical (unpaired) electrons. The van der Waals surface area contributed by atoms with Crippen molar-refractivity contribution in [1.82, 2.24) is 5.32 Å². The highest BCUT2D eigenvalue weighted by Crippen LogP contribution is 2.19. The fourth-order valence-electron chi connectivity index (χ4n) is 0.961. The van der Waals surface area contributed by atoms with Crippen molar-refractivity contribution in [3.63, 3.8) is 0 Å². The van der Waals surface area contributed by atoms with Gasteiger partial charge in [-0.05, 0) is 13.0 Å². The lowest BCUT2D eigenvalue weighted by atomic mass is 10.3. The van der Waals surface area contributed by atoms with Crippen molar-refractivity contribution in [1.29, 1.82) is 0 Å². The van der Waals surface area contributed by atoms with Crippen LogP contribution in [0, 0.1) is 10.1 Å². The predicted octanol–water partition coefficient (Wildman–Crippen LogP) is 0.563. The van der Waals surface area contributed by atoms with Gasteiger partial charge in [0.2, 0.25) is 5.91 Å². The molecule has 0 bridgehead atoms. The molecule has 1 saturated heterocycles. The summed E-state index contributed by atoms with van der Waals surface area (Å²) < 4.78 is 4.96. The molecule has 1 aliphatic rings. The summed E-state index contributed by atoms with van der Waals surface area (Å²) in [4.78, 5) is 29.7. The third-order valence-corrected chi connectivity index (χ3v) is 2.01. The molecule has 2 rings (SSSR count). The molecule has 2 N–H and O–H groups in total. The number of carbonyl (C=O) groups is 2. The summed E-state index contributed by atoms with van der Waals surface area (Å²) in [5, 5.41) is 21.4. The minimum absolute atomic E-state index is 0.134. The van der Waals surface area contributed by atoms with Gasteiger partial charge in [-0.1, -0.05) is 6.07 Å². The Labute approximate surface area is 108 Å². The molecule has 1 heterocycles. The number of benzene rings is 1. The van der Waals surface area contributed by atoms with Crippen LogP contribution in [-0.2, 0) is 9.59 Å². The first-order valence-electron chi connectivity index (χ1n) is 5.30. The fraction of sp³-hybridized carbons (Fsp3) is 0.273. The summed E-state index contributed by atoms with van der Waals surface area (Å²) in [6.45, 7) is 1.95. The second kappa shape index (κ2) is 6.34. The van der Waals surface area contributed by atoms with E-state index in [2.05, 4.69) is 5.32 Å². The highest BCUT2D eigenvalue weighted by molar-refractivity contribution is 5.91. The van der Waals surface area contributed by atoms with Crippen LogP contribution in [0.1, 0.15) is 6.92 Å². The van der Waals surface area contributed by atoms with Crippen LogP contribution in [0.5, 0.6) is 5.75 Å². The Morgan fingerprint density at radius 2 is 2.16 bits per heavy atom. The molecule has 0 saturated carbocycles. The Balaban J connectivity index is 0.000000382. The van der Waals surface area contributed by atoms with Gasteiger partial charge < -0.3 is 15.2 Å². The van der Waals surface area contributed by atoms with E-state index in [0.29, 0.717) is 6.54 Å². The minimum Gasteiger partial charge on any atom is -0.479 e. The summed E-state index contributed by atoms with van der Waals surface area (Å²) in [6, 6.07) is 5.38. The third kappa shape index (κ3) is 5.48. The molecule has 8 nitrogen and oxygen atoms in total. The van der Waals surface area contributed by atoms with E-state index >= 15 is 0 Å². The topological polar surface area (TPSA) is 129 Å². The van der Waals surface area contributed by atoms with Gasteiger partial charge in [-0.3, -0.25) is 14.9 Å². The number of aliphatic carboxylic acids is 1. The van der Waals surface area contributed by atoms with Crippen LogP contribution in [0.15, 0.2) is 24.3 Å². The molecule has 8 heteroatoms. The summed E-state index contributed by atoms with van der Waals surface area (Å²) in [7, 11) is 0. The summed E-state index contributed by atoms with van der Waals surface area (Å²) in [6.07, 6.45) is -1.04. The van der Waals surface area contributed by atoms with Crippen molar-refractivity contribution in [2.45, 2.75) is 13.0 Å². The monoisotopic (exact) mass is 268 g/mol. The number of nitrogens with zero attached hydrogens (tertiary/aromatic N) is 1. The molecule has 1 fully saturated rings. The van der Waals surface area contributed by atoms with Gasteiger partial charge in [-0.15, -0.1) is 0 Å². The van der Waals surface area contributed by atoms with Crippen LogP contribution < -0.4 is 10.1 Å². The molecule has 102 valence electrons. The van der Waals surface area contributed by atoms with Crippen molar-refractivity contribution in [2.75, 3.05) is 6.54 Å². The molecule has 1 aliphatic heterocycles. The molecule has 1 atom stereocenters. The van der Waals surface area contributed by atoms with Crippen LogP contribution in [0.4, 0.5) is 5.69 Å². The van der Waals surface area contributed by atoms with E-state index in [4.69, 9.17) is 9.84 Å². The van der Waals surface area contributed by atoms with E-state index in [1.165, 1.54) is 31.2 Å². The first-order valence-corrected chi connectivity index (χ1v) is 5.30. The van der Waals surface area contributed by atoms with Crippen LogP contribution >= 0.6 is 0 Å². The van der Waals surface area contributed by atoms with E-state index in [1.807, 2.05) is 0 Å². The van der Waals surface area contributed by atoms with Crippen molar-refractivity contribution in [3.05, 3.63) is 34.4 Å². The van der Waals surface area contributed by atoms with Gasteiger partial charge in [-0.2, -0.15) is 0 Å². The second-order valence-electron chi connectivity index (χ2n) is 3.63. The lowest BCUT2D eigenvalue weighted by molar-refractivity contribution is -0.384. The van der Waals surface area contributed by atoms with Crippen LogP contribution in [0.3, 0.4) is 0 Å². The molecule has 0 aromatic heterocycles. The molecular formula is C11H12N2O6. The number of carbonyl (C=O) groups excluding carboxylic acids is 1. The number of hydrogen-bond donors (Lipinski definition) is 2. The first kappa shape index (κ1) is 14.4. The summed E-state index contributed by atoms with van der Waals surface area (Å²) >= 11 is 0. The number of ether oxygens (including phenoxy) is 1. The third-order valence-electron chi connectivity index (χ3n) is 2.01. The van der Waals surface area contributed by atoms with Gasteiger partial charge in [0.15, 0.2) is 6.10 Å². The Kier molecular flexibility index (Phi) is 4.81. The van der Waals surface area contributed by atoms with Gasteiger partial charge in [0.25, 0.3) is 5.69 Å². The normalized spacial score (nSPS) is 13.4. The fourth-order valence-corrected chi connectivity index (χ4v) is 0.961. The van der Waals surface area contributed by atoms with Crippen molar-refractivity contribution in [2.24, 2.45) is 0 Å². The molecule has 1 unspecified atom stereocenters. The number of carboxylic acid groups (broad SMARTS) is 1. The number of non-ortho nitro benzene ring substituents is 1. The average molecular weight is 268 g/mol. The van der Waals surface area contributed by atoms with Gasteiger partial charge in [0.1, 0.15) is 5.75 Å². The number of rotatable bonds is 4. The van der Waals surface area contributed by atoms with Crippen molar-refractivity contribution >= 4 is 17.6 Å². The molecule has 1 aromatic rings. The quantitative estimate of drug-likeness (QED) is 0.466. The molecule has 19 heavy (non-hydrogen) atoms. The SMILES string of the molecule is CC(Oc1cccc([N+](=O)[O-])c1)C(=O)O.O=C1CN1. The van der Waals surface area contributed by atoms with Gasteiger partial charge in [0, 0.05) is 6.07 Å². The Morgan fingerprint density at radius 3 is 2.58 bits per heavy atom. The van der Waals surface area contributed by atoms with Crippen molar-refractivity contribution < 1.29 is 24.4 Å². The minimum atomic E-state index is -1.12. The van der Waals surface area contributed by atoms with E-state index in [9.17, 15) is 19.7 Å². The zero-order valence-electron chi connectivity index (χ0n) is 10.0. The maximum Gasteiger partial charge on any atom is 0.344 e. The Morgan fingerprint density at radius 1 is 1.58 bits per heavy atom. The largest absolute Gasteiger partial charge is 0.479 e. The molecule has 1 amide bonds. The van der Waals surface area contributed by atoms with E-state index in [1.54, 1.807) is 0 Å². The predicted molar refractivity (Wildman–Crippen MR) is 63.8 cm³/mol. The Hall–Kier alpha value is -2.64. The number of carboxylic acids is 1. The van der Waals surface area contributed by atoms with Gasteiger partial charge in [0.05, 0.1) is 17.5 Å². The van der Waals surface area contributed by atoms with Crippen LogP contribution in [0.2, 0.25) is 0 Å². The van der Waals surface area contributed by atoms with Crippen LogP contribution in [-0.4, -0.2) is 34.6 Å². The highest BCUT2D eigenvalue weighted by Gasteiger charge is 2.14. The van der Waals surface area contributed by atoms with E-state index in [-0.39, 0.29) is 17.3 Å². The molecule has 0 spiro atoms. The number of amides is 1. The van der Waals surface area contributed by atoms with E-state index in [0.717, 1.165) is 0 Å². The maximum absolute atomic E-state index is 10.5. The second-order valence-corrected chi connectivity index (χ2v) is 3.63. The first-order chi connectivity index (χ1) is 8.90. The van der Waals surface area contributed by atoms with Crippen LogP contribution in [0.25, 0.3) is 0 Å². The summed E-state index contributed by atoms with van der Waals surface area (Å²) in [5.41, 5.74) is -0.134. The number of hydrogen-bond acceptors (Lipinski definition) is 5. The lowest BCUT2D eigenvalue weighted by Crippen LogP contribution is -2.22. The number of nitrogens with one attached hydrogen (secondary N) is 1. The zero-order chi connectivity index (χ0) is 14.4. The number of nitro groups is 1. The van der Waals surface area contributed by atoms with E-state index < -0.39 is 17.0 Å². The highest BCUT2D eigenvalue weighted by atomic mass is 16.6. The summed E-state index contributed by atoms with van der Waals surface area (Å²) in [5.74, 6) is -0.791. The van der Waals surface area contributed by atoms with Gasteiger partial charge in [-0.25, -0.2) is 4.79 Å². The lowest BCUT2D eigenvalue weighted by Gasteiger charge is -2.09. The molecular weight excluding hydrogens is 256 g/mol.